The zero-order chi connectivity index (χ0) is 10.8. The van der Waals surface area contributed by atoms with Crippen LogP contribution in [0.3, 0.4) is 0 Å². The quantitative estimate of drug-likeness (QED) is 0.796. The number of benzene rings is 1. The van der Waals surface area contributed by atoms with Crippen LogP contribution in [0.15, 0.2) is 45.0 Å². The van der Waals surface area contributed by atoms with E-state index in [4.69, 9.17) is 0 Å². The molecule has 1 heterocycles. The molecule has 0 saturated carbocycles. The Bertz CT molecular complexity index is 518. The Balaban J connectivity index is 2.37. The van der Waals surface area contributed by atoms with Crippen molar-refractivity contribution in [3.63, 3.8) is 0 Å². The molecular weight excluding hydrogens is 278 g/mol. The number of halogens is 1. The first-order chi connectivity index (χ1) is 7.18. The lowest BCUT2D eigenvalue weighted by Gasteiger charge is -2.00. The molecule has 1 aromatic heterocycles. The van der Waals surface area contributed by atoms with Gasteiger partial charge in [0.1, 0.15) is 4.47 Å². The van der Waals surface area contributed by atoms with E-state index in [0.29, 0.717) is 11.0 Å². The van der Waals surface area contributed by atoms with E-state index in [1.807, 2.05) is 30.3 Å². The predicted octanol–water partition coefficient (Wildman–Crippen LogP) is 2.39. The number of rotatable bonds is 2. The molecule has 0 fully saturated rings. The number of nitrogens with zero attached hydrogens (tertiary/aromatic N) is 1. The molecule has 0 aliphatic carbocycles. The van der Waals surface area contributed by atoms with Gasteiger partial charge in [-0.3, -0.25) is 4.79 Å². The highest BCUT2D eigenvalue weighted by Gasteiger charge is 2.13. The van der Waals surface area contributed by atoms with Crippen LogP contribution in [0.5, 0.6) is 0 Å². The fourth-order valence-electron chi connectivity index (χ4n) is 1.29. The van der Waals surface area contributed by atoms with Gasteiger partial charge in [0.15, 0.2) is 5.38 Å². The molecule has 1 atom stereocenters. The van der Waals surface area contributed by atoms with Crippen LogP contribution in [0.1, 0.15) is 5.56 Å². The highest BCUT2D eigenvalue weighted by molar-refractivity contribution is 9.10. The summed E-state index contributed by atoms with van der Waals surface area (Å²) in [6.45, 7) is 0.373. The Morgan fingerprint density at radius 3 is 2.53 bits per heavy atom. The fourth-order valence-corrected chi connectivity index (χ4v) is 3.04. The Kier molecular flexibility index (Phi) is 3.04. The zero-order valence-electron chi connectivity index (χ0n) is 7.72. The summed E-state index contributed by atoms with van der Waals surface area (Å²) < 4.78 is 13.2. The molecule has 2 aromatic rings. The smallest absolute Gasteiger partial charge is 0.310 e. The molecule has 3 nitrogen and oxygen atoms in total. The van der Waals surface area contributed by atoms with Crippen molar-refractivity contribution in [1.29, 1.82) is 0 Å². The molecule has 78 valence electrons. The van der Waals surface area contributed by atoms with E-state index in [2.05, 4.69) is 15.9 Å². The summed E-state index contributed by atoms with van der Waals surface area (Å²) in [6, 6.07) is 9.48. The van der Waals surface area contributed by atoms with Gasteiger partial charge in [-0.15, -0.1) is 3.96 Å². The minimum Gasteiger partial charge on any atom is -0.570 e. The first kappa shape index (κ1) is 10.6. The van der Waals surface area contributed by atoms with Crippen LogP contribution >= 0.6 is 26.9 Å². The summed E-state index contributed by atoms with van der Waals surface area (Å²) in [5.74, 6) is 0. The van der Waals surface area contributed by atoms with Crippen molar-refractivity contribution in [2.45, 2.75) is 6.54 Å². The van der Waals surface area contributed by atoms with Crippen LogP contribution in [0, 0.1) is 0 Å². The molecule has 0 radical (unpaired) electrons. The second-order valence-electron chi connectivity index (χ2n) is 3.07. The maximum atomic E-state index is 11.5. The lowest BCUT2D eigenvalue weighted by Crippen LogP contribution is -2.15. The molecule has 2 rings (SSSR count). The first-order valence-electron chi connectivity index (χ1n) is 4.32. The van der Waals surface area contributed by atoms with Crippen LogP contribution < -0.4 is 5.56 Å². The number of hydrogen-bond donors (Lipinski definition) is 0. The van der Waals surface area contributed by atoms with Gasteiger partial charge in [-0.2, -0.15) is 0 Å². The van der Waals surface area contributed by atoms with Crippen LogP contribution in [0.25, 0.3) is 0 Å². The Morgan fingerprint density at radius 2 is 2.00 bits per heavy atom. The highest BCUT2D eigenvalue weighted by Crippen LogP contribution is 2.17. The number of hydrogen-bond acceptors (Lipinski definition) is 2. The third kappa shape index (κ3) is 2.19. The Labute approximate surface area is 98.1 Å². The maximum absolute atomic E-state index is 11.5. The largest absolute Gasteiger partial charge is 0.570 e. The van der Waals surface area contributed by atoms with Crippen LogP contribution in [-0.2, 0) is 6.54 Å². The molecule has 15 heavy (non-hydrogen) atoms. The van der Waals surface area contributed by atoms with Gasteiger partial charge in [-0.05, 0) is 21.5 Å². The van der Waals surface area contributed by atoms with Gasteiger partial charge >= 0.3 is 5.56 Å². The van der Waals surface area contributed by atoms with E-state index in [9.17, 15) is 9.35 Å². The molecule has 0 spiro atoms. The topological polar surface area (TPSA) is 45.1 Å². The lowest BCUT2D eigenvalue weighted by atomic mass is 10.2. The summed E-state index contributed by atoms with van der Waals surface area (Å²) in [6.07, 6.45) is 0. The van der Waals surface area contributed by atoms with Gasteiger partial charge in [-0.1, -0.05) is 30.3 Å². The van der Waals surface area contributed by atoms with Crippen LogP contribution in [0.4, 0.5) is 0 Å². The SMILES string of the molecule is O=c1c(Br)c[s+]([O-])n1Cc1ccccc1. The highest BCUT2D eigenvalue weighted by atomic mass is 79.9. The third-order valence-electron chi connectivity index (χ3n) is 2.02. The molecular formula is C10H8BrNO2S. The molecule has 1 aromatic carbocycles. The normalized spacial score (nSPS) is 11.7. The first-order valence-corrected chi connectivity index (χ1v) is 6.28. The standard InChI is InChI=1S/C10H8BrNO2S/c11-9-7-15(14)12(10(9)13)6-8-4-2-1-3-5-8/h1-5,7H,6H2. The Hall–Kier alpha value is -0.910. The van der Waals surface area contributed by atoms with Crippen molar-refractivity contribution < 1.29 is 4.55 Å². The molecule has 0 amide bonds. The molecule has 0 N–H and O–H groups in total. The minimum absolute atomic E-state index is 0.225. The molecule has 0 aliphatic heterocycles. The van der Waals surface area contributed by atoms with Crippen LogP contribution in [0.2, 0.25) is 0 Å². The van der Waals surface area contributed by atoms with Crippen molar-refractivity contribution in [3.8, 4) is 0 Å². The summed E-state index contributed by atoms with van der Waals surface area (Å²) in [5.41, 5.74) is 0.743. The Morgan fingerprint density at radius 1 is 1.33 bits per heavy atom. The van der Waals surface area contributed by atoms with Crippen molar-refractivity contribution in [1.82, 2.24) is 3.96 Å². The van der Waals surface area contributed by atoms with E-state index < -0.39 is 10.9 Å². The second kappa shape index (κ2) is 4.30. The van der Waals surface area contributed by atoms with Crippen molar-refractivity contribution >= 4 is 26.9 Å². The van der Waals surface area contributed by atoms with Gasteiger partial charge in [0.05, 0.1) is 6.54 Å². The van der Waals surface area contributed by atoms with E-state index in [1.54, 1.807) is 0 Å². The predicted molar refractivity (Wildman–Crippen MR) is 62.6 cm³/mol. The van der Waals surface area contributed by atoms with Crippen molar-refractivity contribution in [2.24, 2.45) is 0 Å². The molecule has 5 heteroatoms. The average molecular weight is 286 g/mol. The zero-order valence-corrected chi connectivity index (χ0v) is 10.1. The summed E-state index contributed by atoms with van der Waals surface area (Å²) in [5, 5.41) is 1.41. The van der Waals surface area contributed by atoms with E-state index in [1.165, 1.54) is 9.34 Å². The average Bonchev–Trinajstić information content (AvgIpc) is 2.47. The molecule has 0 aliphatic rings. The van der Waals surface area contributed by atoms with E-state index >= 15 is 0 Å². The second-order valence-corrected chi connectivity index (χ2v) is 5.15. The van der Waals surface area contributed by atoms with Gasteiger partial charge in [0.25, 0.3) is 0 Å². The van der Waals surface area contributed by atoms with Gasteiger partial charge < -0.3 is 4.55 Å². The molecule has 0 bridgehead atoms. The van der Waals surface area contributed by atoms with Crippen molar-refractivity contribution in [3.05, 3.63) is 56.1 Å². The number of aromatic nitrogens is 1. The molecule has 0 saturated heterocycles. The van der Waals surface area contributed by atoms with Crippen LogP contribution in [-0.4, -0.2) is 8.51 Å². The van der Waals surface area contributed by atoms with Gasteiger partial charge in [-0.25, -0.2) is 0 Å². The summed E-state index contributed by atoms with van der Waals surface area (Å²) in [7, 11) is -1.35. The summed E-state index contributed by atoms with van der Waals surface area (Å²) in [4.78, 5) is 11.5. The lowest BCUT2D eigenvalue weighted by molar-refractivity contribution is 0.573. The maximum Gasteiger partial charge on any atom is 0.310 e. The van der Waals surface area contributed by atoms with Gasteiger partial charge in [0, 0.05) is 10.9 Å². The fraction of sp³-hybridized carbons (Fsp3) is 0.100. The third-order valence-corrected chi connectivity index (χ3v) is 4.06. The minimum atomic E-state index is -1.35. The monoisotopic (exact) mass is 285 g/mol. The molecule has 1 unspecified atom stereocenters. The summed E-state index contributed by atoms with van der Waals surface area (Å²) >= 11 is 3.07. The van der Waals surface area contributed by atoms with Crippen molar-refractivity contribution in [2.75, 3.05) is 0 Å². The van der Waals surface area contributed by atoms with Gasteiger partial charge in [0.2, 0.25) is 0 Å². The van der Waals surface area contributed by atoms with E-state index in [0.717, 1.165) is 5.56 Å². The van der Waals surface area contributed by atoms with E-state index in [-0.39, 0.29) is 5.56 Å².